The lowest BCUT2D eigenvalue weighted by molar-refractivity contribution is 0.102. The van der Waals surface area contributed by atoms with Gasteiger partial charge in [-0.05, 0) is 30.5 Å². The molecule has 1 unspecified atom stereocenters. The summed E-state index contributed by atoms with van der Waals surface area (Å²) in [4.78, 5) is 21.9. The van der Waals surface area contributed by atoms with Gasteiger partial charge in [-0.1, -0.05) is 41.0 Å². The highest BCUT2D eigenvalue weighted by atomic mass is 32.2. The van der Waals surface area contributed by atoms with Crippen LogP contribution in [0.2, 0.25) is 0 Å². The molecule has 7 nitrogen and oxygen atoms in total. The maximum Gasteiger partial charge on any atom is 0.278 e. The van der Waals surface area contributed by atoms with Gasteiger partial charge in [0.15, 0.2) is 11.5 Å². The van der Waals surface area contributed by atoms with Gasteiger partial charge in [-0.15, -0.1) is 4.36 Å². The molecule has 1 heterocycles. The smallest absolute Gasteiger partial charge is 0.278 e. The molecule has 3 N–H and O–H groups in total. The van der Waals surface area contributed by atoms with Gasteiger partial charge < -0.3 is 11.1 Å². The number of rotatable bonds is 4. The number of nitrogen functional groups attached to an aromatic ring is 1. The second kappa shape index (κ2) is 8.21. The van der Waals surface area contributed by atoms with Crippen LogP contribution in [0, 0.1) is 11.5 Å². The van der Waals surface area contributed by atoms with Gasteiger partial charge >= 0.3 is 0 Å². The summed E-state index contributed by atoms with van der Waals surface area (Å²) in [7, 11) is -0.492. The van der Waals surface area contributed by atoms with E-state index in [4.69, 9.17) is 11.0 Å². The van der Waals surface area contributed by atoms with E-state index in [1.54, 1.807) is 12.1 Å². The minimum absolute atomic E-state index is 0.0618. The summed E-state index contributed by atoms with van der Waals surface area (Å²) >= 11 is 0. The molecule has 2 aromatic carbocycles. The normalized spacial score (nSPS) is 11.6. The van der Waals surface area contributed by atoms with Crippen LogP contribution in [0.25, 0.3) is 11.3 Å². The zero-order valence-electron chi connectivity index (χ0n) is 14.5. The number of carbonyl (C=O) groups is 1. The van der Waals surface area contributed by atoms with Gasteiger partial charge in [-0.25, -0.2) is 9.97 Å². The molecule has 1 aromatic heterocycles. The van der Waals surface area contributed by atoms with E-state index >= 15 is 0 Å². The molecule has 0 aliphatic rings. The summed E-state index contributed by atoms with van der Waals surface area (Å²) in [6.07, 6.45) is 5.21. The summed E-state index contributed by atoms with van der Waals surface area (Å²) < 4.78 is 3.82. The van der Waals surface area contributed by atoms with Crippen LogP contribution in [0.5, 0.6) is 0 Å². The number of anilines is 2. The highest BCUT2D eigenvalue weighted by Gasteiger charge is 2.15. The first-order valence-corrected chi connectivity index (χ1v) is 9.52. The molecule has 27 heavy (non-hydrogen) atoms. The molecule has 0 saturated heterocycles. The minimum atomic E-state index is -0.492. The van der Waals surface area contributed by atoms with Crippen LogP contribution in [0.15, 0.2) is 70.1 Å². The lowest BCUT2D eigenvalue weighted by atomic mass is 10.1. The van der Waals surface area contributed by atoms with Crippen molar-refractivity contribution >= 4 is 28.1 Å². The summed E-state index contributed by atoms with van der Waals surface area (Å²) in [5.74, 6) is -0.362. The maximum absolute atomic E-state index is 12.5. The quantitative estimate of drug-likeness (QED) is 0.678. The van der Waals surface area contributed by atoms with Gasteiger partial charge in [-0.2, -0.15) is 5.26 Å². The van der Waals surface area contributed by atoms with Crippen molar-refractivity contribution in [2.24, 2.45) is 4.36 Å². The molecule has 1 atom stereocenters. The third kappa shape index (κ3) is 4.34. The van der Waals surface area contributed by atoms with Gasteiger partial charge in [0.25, 0.3) is 5.91 Å². The molecule has 8 heteroatoms. The maximum atomic E-state index is 12.5. The van der Waals surface area contributed by atoms with Gasteiger partial charge in [-0.3, -0.25) is 4.79 Å². The fraction of sp³-hybridized carbons (Fsp3) is 0.0526. The van der Waals surface area contributed by atoms with Crippen molar-refractivity contribution in [3.8, 4) is 17.5 Å². The first-order chi connectivity index (χ1) is 13.1. The van der Waals surface area contributed by atoms with E-state index in [0.717, 1.165) is 10.5 Å². The van der Waals surface area contributed by atoms with Crippen LogP contribution in [0.4, 0.5) is 11.5 Å². The van der Waals surface area contributed by atoms with Crippen molar-refractivity contribution in [2.45, 2.75) is 4.90 Å². The van der Waals surface area contributed by atoms with Crippen molar-refractivity contribution < 1.29 is 4.79 Å². The first kappa shape index (κ1) is 18.2. The summed E-state index contributed by atoms with van der Waals surface area (Å²) in [6.45, 7) is 0. The standard InChI is InChI=1S/C19H16N6OS/c1-27(23-12-20)15-9-7-13(8-10-15)16-11-22-18(21)17(25-16)19(26)24-14-5-3-2-4-6-14/h2-11H,1H3,(H2,21,22)(H,24,26). The Bertz CT molecular complexity index is 1040. The SMILES string of the molecule is C/S(=N\C#N)c1ccc(-c2cnc(N)c(C(=O)Nc3ccccc3)n2)cc1. The van der Waals surface area contributed by atoms with Gasteiger partial charge in [0, 0.05) is 16.1 Å². The zero-order valence-corrected chi connectivity index (χ0v) is 15.3. The monoisotopic (exact) mass is 376 g/mol. The van der Waals surface area contributed by atoms with E-state index in [1.165, 1.54) is 6.20 Å². The molecule has 134 valence electrons. The number of aromatic nitrogens is 2. The summed E-state index contributed by atoms with van der Waals surface area (Å²) in [6, 6.07) is 16.5. The number of hydrogen-bond acceptors (Lipinski definition) is 6. The summed E-state index contributed by atoms with van der Waals surface area (Å²) in [5, 5.41) is 11.4. The Balaban J connectivity index is 1.88. The number of hydrogen-bond donors (Lipinski definition) is 2. The number of amides is 1. The number of nitrogens with two attached hydrogens (primary N) is 1. The van der Waals surface area contributed by atoms with E-state index in [-0.39, 0.29) is 11.5 Å². The number of nitrogens with zero attached hydrogens (tertiary/aromatic N) is 4. The molecule has 0 radical (unpaired) electrons. The fourth-order valence-corrected chi connectivity index (χ4v) is 3.11. The van der Waals surface area contributed by atoms with Gasteiger partial charge in [0.1, 0.15) is 0 Å². The number of carbonyl (C=O) groups excluding carboxylic acids is 1. The molecular weight excluding hydrogens is 360 g/mol. The second-order valence-corrected chi connectivity index (χ2v) is 7.11. The van der Waals surface area contributed by atoms with E-state index in [2.05, 4.69) is 19.6 Å². The van der Waals surface area contributed by atoms with Crippen LogP contribution in [-0.4, -0.2) is 22.1 Å². The highest BCUT2D eigenvalue weighted by molar-refractivity contribution is 7.86. The van der Waals surface area contributed by atoms with Gasteiger partial charge in [0.2, 0.25) is 6.19 Å². The lowest BCUT2D eigenvalue weighted by Crippen LogP contribution is -2.17. The second-order valence-electron chi connectivity index (χ2n) is 5.50. The fourth-order valence-electron chi connectivity index (χ4n) is 2.35. The third-order valence-corrected chi connectivity index (χ3v) is 5.03. The average molecular weight is 376 g/mol. The Hall–Kier alpha value is -3.57. The topological polar surface area (TPSA) is 117 Å². The predicted octanol–water partition coefficient (Wildman–Crippen LogP) is 3.25. The van der Waals surface area contributed by atoms with Crippen LogP contribution in [0.1, 0.15) is 10.5 Å². The van der Waals surface area contributed by atoms with Crippen LogP contribution in [-0.2, 0) is 10.7 Å². The third-order valence-electron chi connectivity index (χ3n) is 3.72. The van der Waals surface area contributed by atoms with Crippen LogP contribution in [0.3, 0.4) is 0 Å². The Morgan fingerprint density at radius 2 is 1.89 bits per heavy atom. The summed E-state index contributed by atoms with van der Waals surface area (Å²) in [5.41, 5.74) is 7.87. The van der Waals surface area contributed by atoms with Crippen LogP contribution < -0.4 is 11.1 Å². The number of nitrogens with one attached hydrogen (secondary N) is 1. The molecule has 0 aliphatic carbocycles. The predicted molar refractivity (Wildman–Crippen MR) is 106 cm³/mol. The molecule has 0 spiro atoms. The first-order valence-electron chi connectivity index (χ1n) is 7.93. The van der Waals surface area contributed by atoms with E-state index < -0.39 is 16.6 Å². The van der Waals surface area contributed by atoms with Crippen molar-refractivity contribution in [2.75, 3.05) is 17.3 Å². The van der Waals surface area contributed by atoms with Crippen LogP contribution >= 0.6 is 0 Å². The Morgan fingerprint density at radius 1 is 1.19 bits per heavy atom. The molecule has 1 amide bonds. The molecule has 0 fully saturated rings. The minimum Gasteiger partial charge on any atom is -0.382 e. The van der Waals surface area contributed by atoms with Crippen molar-refractivity contribution in [1.29, 1.82) is 5.26 Å². The average Bonchev–Trinajstić information content (AvgIpc) is 2.69. The van der Waals surface area contributed by atoms with Gasteiger partial charge in [0.05, 0.1) is 11.9 Å². The lowest BCUT2D eigenvalue weighted by Gasteiger charge is -2.09. The number of nitriles is 1. The van der Waals surface area contributed by atoms with Crippen molar-refractivity contribution in [3.05, 3.63) is 66.5 Å². The van der Waals surface area contributed by atoms with E-state index in [0.29, 0.717) is 11.4 Å². The van der Waals surface area contributed by atoms with Crippen molar-refractivity contribution in [1.82, 2.24) is 9.97 Å². The molecule has 3 aromatic rings. The number of para-hydroxylation sites is 1. The largest absolute Gasteiger partial charge is 0.382 e. The Morgan fingerprint density at radius 3 is 2.56 bits per heavy atom. The molecular formula is C19H16N6OS. The number of benzene rings is 2. The Labute approximate surface area is 159 Å². The molecule has 0 bridgehead atoms. The molecule has 0 aliphatic heterocycles. The molecule has 3 rings (SSSR count). The Kier molecular flexibility index (Phi) is 5.54. The van der Waals surface area contributed by atoms with Crippen molar-refractivity contribution in [3.63, 3.8) is 0 Å². The van der Waals surface area contributed by atoms with E-state index in [1.807, 2.05) is 54.9 Å². The molecule has 0 saturated carbocycles. The highest BCUT2D eigenvalue weighted by Crippen LogP contribution is 2.21. The zero-order chi connectivity index (χ0) is 19.2. The van der Waals surface area contributed by atoms with E-state index in [9.17, 15) is 4.79 Å².